The van der Waals surface area contributed by atoms with E-state index in [1.165, 1.54) is 84.2 Å². The van der Waals surface area contributed by atoms with E-state index in [0.29, 0.717) is 30.0 Å². The molecule has 0 spiro atoms. The number of benzene rings is 1. The van der Waals surface area contributed by atoms with Crippen molar-refractivity contribution in [2.45, 2.75) is 122 Å². The van der Waals surface area contributed by atoms with Gasteiger partial charge in [0.05, 0.1) is 7.11 Å². The van der Waals surface area contributed by atoms with E-state index in [1.807, 2.05) is 6.26 Å². The van der Waals surface area contributed by atoms with Crippen molar-refractivity contribution >= 4 is 41.1 Å². The molecule has 0 bridgehead atoms. The third-order valence-electron chi connectivity index (χ3n) is 7.26. The minimum absolute atomic E-state index is 0.0864. The molecule has 0 radical (unpaired) electrons. The predicted molar refractivity (Wildman–Crippen MR) is 174 cm³/mol. The zero-order valence-electron chi connectivity index (χ0n) is 26.3. The van der Waals surface area contributed by atoms with Crippen LogP contribution in [0.25, 0.3) is 0 Å². The lowest BCUT2D eigenvalue weighted by molar-refractivity contribution is -0.142. The lowest BCUT2D eigenvalue weighted by Gasteiger charge is -2.16. The van der Waals surface area contributed by atoms with Gasteiger partial charge in [-0.3, -0.25) is 14.4 Å². The van der Waals surface area contributed by atoms with Gasteiger partial charge in [-0.2, -0.15) is 11.8 Å². The first kappa shape index (κ1) is 37.5. The Bertz CT molecular complexity index is 894. The van der Waals surface area contributed by atoms with Gasteiger partial charge in [-0.1, -0.05) is 90.4 Å². The summed E-state index contributed by atoms with van der Waals surface area (Å²) in [6.07, 6.45) is 20.8. The van der Waals surface area contributed by atoms with Crippen LogP contribution in [0.1, 0.15) is 126 Å². The van der Waals surface area contributed by atoms with Crippen molar-refractivity contribution in [1.82, 2.24) is 10.6 Å². The number of ether oxygens (including phenoxy) is 1. The van der Waals surface area contributed by atoms with Crippen LogP contribution in [0.4, 0.5) is 5.69 Å². The summed E-state index contributed by atoms with van der Waals surface area (Å²) in [6, 6.07) is 5.69. The topological polar surface area (TPSA) is 114 Å². The van der Waals surface area contributed by atoms with E-state index >= 15 is 0 Å². The maximum atomic E-state index is 12.5. The summed E-state index contributed by atoms with van der Waals surface area (Å²) in [7, 11) is 1.29. The van der Waals surface area contributed by atoms with Gasteiger partial charge in [0.25, 0.3) is 5.91 Å². The van der Waals surface area contributed by atoms with Crippen LogP contribution in [0.15, 0.2) is 24.3 Å². The van der Waals surface area contributed by atoms with E-state index in [-0.39, 0.29) is 30.6 Å². The van der Waals surface area contributed by atoms with Gasteiger partial charge in [-0.15, -0.1) is 0 Å². The molecule has 1 aromatic carbocycles. The Morgan fingerprint density at radius 2 is 1.29 bits per heavy atom. The zero-order valence-corrected chi connectivity index (χ0v) is 27.1. The monoisotopic (exact) mass is 605 g/mol. The molecule has 3 amide bonds. The summed E-state index contributed by atoms with van der Waals surface area (Å²) in [5, 5.41) is 8.36. The highest BCUT2D eigenvalue weighted by atomic mass is 32.2. The van der Waals surface area contributed by atoms with Crippen LogP contribution >= 0.6 is 11.8 Å². The number of carbonyl (C=O) groups is 4. The van der Waals surface area contributed by atoms with Crippen molar-refractivity contribution in [2.24, 2.45) is 0 Å². The number of esters is 1. The van der Waals surface area contributed by atoms with E-state index < -0.39 is 12.0 Å². The van der Waals surface area contributed by atoms with Crippen LogP contribution in [-0.4, -0.2) is 55.4 Å². The molecule has 0 aliphatic carbocycles. The number of hydrogen-bond acceptors (Lipinski definition) is 6. The molecular formula is C33H55N3O5S. The highest BCUT2D eigenvalue weighted by molar-refractivity contribution is 7.98. The van der Waals surface area contributed by atoms with Crippen molar-refractivity contribution in [3.8, 4) is 0 Å². The van der Waals surface area contributed by atoms with E-state index in [0.717, 1.165) is 12.8 Å². The Labute approximate surface area is 258 Å². The molecule has 0 aliphatic heterocycles. The lowest BCUT2D eigenvalue weighted by atomic mass is 10.0. The molecule has 0 fully saturated rings. The first-order valence-electron chi connectivity index (χ1n) is 16.0. The molecule has 1 rings (SSSR count). The molecule has 0 unspecified atom stereocenters. The second-order valence-corrected chi connectivity index (χ2v) is 11.9. The summed E-state index contributed by atoms with van der Waals surface area (Å²) < 4.78 is 4.78. The number of rotatable bonds is 25. The fourth-order valence-corrected chi connectivity index (χ4v) is 5.13. The SMILES string of the molecule is CCCCCCCCCCCCCCCCNC(=O)CCC(=O)Nc1ccc(C(=O)N[C@@H](CCSC)C(=O)OC)cc1. The Balaban J connectivity index is 2.12. The highest BCUT2D eigenvalue weighted by Gasteiger charge is 2.21. The van der Waals surface area contributed by atoms with Crippen LogP contribution in [0.2, 0.25) is 0 Å². The van der Waals surface area contributed by atoms with E-state index in [2.05, 4.69) is 22.9 Å². The van der Waals surface area contributed by atoms with Gasteiger partial charge in [0, 0.05) is 30.6 Å². The molecule has 0 aromatic heterocycles. The van der Waals surface area contributed by atoms with Crippen molar-refractivity contribution < 1.29 is 23.9 Å². The summed E-state index contributed by atoms with van der Waals surface area (Å²) >= 11 is 1.58. The normalized spacial score (nSPS) is 11.5. The fourth-order valence-electron chi connectivity index (χ4n) is 4.66. The Kier molecular flexibility index (Phi) is 22.3. The molecule has 9 heteroatoms. The maximum Gasteiger partial charge on any atom is 0.328 e. The van der Waals surface area contributed by atoms with Gasteiger partial charge in [0.1, 0.15) is 6.04 Å². The van der Waals surface area contributed by atoms with Crippen molar-refractivity contribution in [2.75, 3.05) is 31.0 Å². The molecule has 1 aromatic rings. The summed E-state index contributed by atoms with van der Waals surface area (Å²) in [4.78, 5) is 48.9. The molecule has 42 heavy (non-hydrogen) atoms. The summed E-state index contributed by atoms with van der Waals surface area (Å²) in [5.74, 6) is -0.539. The number of carbonyl (C=O) groups excluding carboxylic acids is 4. The molecule has 1 atom stereocenters. The Hall–Kier alpha value is -2.55. The Morgan fingerprint density at radius 3 is 1.81 bits per heavy atom. The molecule has 238 valence electrons. The first-order chi connectivity index (χ1) is 20.4. The predicted octanol–water partition coefficient (Wildman–Crippen LogP) is 7.03. The average Bonchev–Trinajstić information content (AvgIpc) is 3.00. The summed E-state index contributed by atoms with van der Waals surface area (Å²) in [6.45, 7) is 2.91. The van der Waals surface area contributed by atoms with Crippen LogP contribution < -0.4 is 16.0 Å². The van der Waals surface area contributed by atoms with Crippen LogP contribution in [-0.2, 0) is 19.1 Å². The average molecular weight is 606 g/mol. The van der Waals surface area contributed by atoms with Gasteiger partial charge in [-0.05, 0) is 49.1 Å². The smallest absolute Gasteiger partial charge is 0.328 e. The van der Waals surface area contributed by atoms with Gasteiger partial charge >= 0.3 is 5.97 Å². The van der Waals surface area contributed by atoms with Crippen molar-refractivity contribution in [1.29, 1.82) is 0 Å². The van der Waals surface area contributed by atoms with Gasteiger partial charge < -0.3 is 20.7 Å². The second-order valence-electron chi connectivity index (χ2n) is 10.9. The van der Waals surface area contributed by atoms with E-state index in [1.54, 1.807) is 36.0 Å². The molecule has 8 nitrogen and oxygen atoms in total. The first-order valence-corrected chi connectivity index (χ1v) is 17.3. The Morgan fingerprint density at radius 1 is 0.762 bits per heavy atom. The summed E-state index contributed by atoms with van der Waals surface area (Å²) in [5.41, 5.74) is 0.903. The number of amides is 3. The largest absolute Gasteiger partial charge is 0.467 e. The molecule has 3 N–H and O–H groups in total. The van der Waals surface area contributed by atoms with Crippen molar-refractivity contribution in [3.63, 3.8) is 0 Å². The molecule has 0 saturated heterocycles. The van der Waals surface area contributed by atoms with E-state index in [9.17, 15) is 19.2 Å². The van der Waals surface area contributed by atoms with Crippen LogP contribution in [0.5, 0.6) is 0 Å². The molecule has 0 aliphatic rings. The van der Waals surface area contributed by atoms with E-state index in [4.69, 9.17) is 4.74 Å². The van der Waals surface area contributed by atoms with Crippen LogP contribution in [0, 0.1) is 0 Å². The third kappa shape index (κ3) is 18.8. The highest BCUT2D eigenvalue weighted by Crippen LogP contribution is 2.14. The van der Waals surface area contributed by atoms with Gasteiger partial charge in [0.2, 0.25) is 11.8 Å². The number of anilines is 1. The number of thioether (sulfide) groups is 1. The van der Waals surface area contributed by atoms with Gasteiger partial charge in [0.15, 0.2) is 0 Å². The number of nitrogens with one attached hydrogen (secondary N) is 3. The molecular weight excluding hydrogens is 550 g/mol. The molecule has 0 heterocycles. The van der Waals surface area contributed by atoms with Crippen molar-refractivity contribution in [3.05, 3.63) is 29.8 Å². The number of hydrogen-bond donors (Lipinski definition) is 3. The fraction of sp³-hybridized carbons (Fsp3) is 0.697. The lowest BCUT2D eigenvalue weighted by Crippen LogP contribution is -2.41. The zero-order chi connectivity index (χ0) is 30.8. The van der Waals surface area contributed by atoms with Crippen LogP contribution in [0.3, 0.4) is 0 Å². The minimum Gasteiger partial charge on any atom is -0.467 e. The van der Waals surface area contributed by atoms with Gasteiger partial charge in [-0.25, -0.2) is 4.79 Å². The minimum atomic E-state index is -0.713. The standard InChI is InChI=1S/C33H55N3O5S/c1-4-5-6-7-8-9-10-11-12-13-14-15-16-17-25-34-30(37)22-23-31(38)35-28-20-18-27(19-21-28)32(39)36-29(24-26-42-3)33(40)41-2/h18-21,29H,4-17,22-26H2,1-3H3,(H,34,37)(H,35,38)(H,36,39)/t29-/m0/s1. The second kappa shape index (κ2) is 25.0. The quantitative estimate of drug-likeness (QED) is 0.0815. The number of unbranched alkanes of at least 4 members (excludes halogenated alkanes) is 13. The molecule has 0 saturated carbocycles. The third-order valence-corrected chi connectivity index (χ3v) is 7.91. The maximum absolute atomic E-state index is 12.5. The number of methoxy groups -OCH3 is 1.